The summed E-state index contributed by atoms with van der Waals surface area (Å²) < 4.78 is 5.28. The maximum atomic E-state index is 11.0. The Morgan fingerprint density at radius 1 is 1.50 bits per heavy atom. The normalized spacial score (nSPS) is 35.0. The third kappa shape index (κ3) is 1.42. The molecule has 0 radical (unpaired) electrons. The average molecular weight is 199 g/mol. The monoisotopic (exact) mass is 199 g/mol. The number of aliphatic hydroxyl groups excluding tert-OH is 1. The first kappa shape index (κ1) is 9.93. The molecule has 0 unspecified atom stereocenters. The van der Waals surface area contributed by atoms with Crippen LogP contribution in [0.15, 0.2) is 0 Å². The van der Waals surface area contributed by atoms with Crippen LogP contribution in [0, 0.1) is 5.41 Å². The lowest BCUT2D eigenvalue weighted by atomic mass is 9.58. The fraction of sp³-hybridized carbons (Fsp3) is 0.900. The second kappa shape index (κ2) is 3.51. The Morgan fingerprint density at radius 3 is 2.64 bits per heavy atom. The highest BCUT2D eigenvalue weighted by Gasteiger charge is 2.55. The van der Waals surface area contributed by atoms with E-state index in [2.05, 4.69) is 5.32 Å². The Kier molecular flexibility index (Phi) is 2.49. The van der Waals surface area contributed by atoms with Gasteiger partial charge in [0.1, 0.15) is 0 Å². The molecule has 80 valence electrons. The van der Waals surface area contributed by atoms with Crippen molar-refractivity contribution in [3.05, 3.63) is 0 Å². The van der Waals surface area contributed by atoms with Gasteiger partial charge < -0.3 is 15.2 Å². The van der Waals surface area contributed by atoms with Crippen molar-refractivity contribution < 1.29 is 14.6 Å². The van der Waals surface area contributed by atoms with E-state index in [1.807, 2.05) is 0 Å². The number of aliphatic hydroxyl groups is 1. The second-order valence-corrected chi connectivity index (χ2v) is 4.35. The fourth-order valence-corrected chi connectivity index (χ4v) is 2.65. The van der Waals surface area contributed by atoms with Crippen molar-refractivity contribution in [2.75, 3.05) is 13.2 Å². The smallest absolute Gasteiger partial charge is 0.217 e. The number of carbonyl (C=O) groups is 1. The van der Waals surface area contributed by atoms with Crippen molar-refractivity contribution in [1.29, 1.82) is 0 Å². The van der Waals surface area contributed by atoms with Gasteiger partial charge in [-0.15, -0.1) is 0 Å². The van der Waals surface area contributed by atoms with E-state index in [0.29, 0.717) is 19.6 Å². The topological polar surface area (TPSA) is 58.6 Å². The summed E-state index contributed by atoms with van der Waals surface area (Å²) in [5.41, 5.74) is -0.0933. The highest BCUT2D eigenvalue weighted by molar-refractivity contribution is 5.73. The van der Waals surface area contributed by atoms with Crippen LogP contribution in [0.25, 0.3) is 0 Å². The van der Waals surface area contributed by atoms with E-state index in [0.717, 1.165) is 12.8 Å². The van der Waals surface area contributed by atoms with Gasteiger partial charge in [-0.05, 0) is 19.3 Å². The van der Waals surface area contributed by atoms with Crippen LogP contribution in [0.3, 0.4) is 0 Å². The number of amides is 1. The molecule has 4 nitrogen and oxygen atoms in total. The average Bonchev–Trinajstić information content (AvgIpc) is 2.18. The van der Waals surface area contributed by atoms with Gasteiger partial charge in [-0.2, -0.15) is 0 Å². The first-order valence-electron chi connectivity index (χ1n) is 5.18. The second-order valence-electron chi connectivity index (χ2n) is 4.35. The zero-order valence-corrected chi connectivity index (χ0v) is 8.45. The van der Waals surface area contributed by atoms with Crippen LogP contribution in [0.2, 0.25) is 0 Å². The van der Waals surface area contributed by atoms with Gasteiger partial charge in [0.2, 0.25) is 5.91 Å². The van der Waals surface area contributed by atoms with Crippen LogP contribution in [-0.4, -0.2) is 36.4 Å². The maximum Gasteiger partial charge on any atom is 0.217 e. The van der Waals surface area contributed by atoms with Crippen molar-refractivity contribution in [3.8, 4) is 0 Å². The lowest BCUT2D eigenvalue weighted by Gasteiger charge is -2.55. The lowest BCUT2D eigenvalue weighted by molar-refractivity contribution is -0.155. The van der Waals surface area contributed by atoms with Crippen LogP contribution >= 0.6 is 0 Å². The summed E-state index contributed by atoms with van der Waals surface area (Å²) >= 11 is 0. The summed E-state index contributed by atoms with van der Waals surface area (Å²) in [5.74, 6) is -0.00670. The fourth-order valence-electron chi connectivity index (χ4n) is 2.65. The van der Waals surface area contributed by atoms with Crippen LogP contribution in [0.5, 0.6) is 0 Å². The minimum absolute atomic E-state index is 0.00670. The molecule has 1 aliphatic heterocycles. The van der Waals surface area contributed by atoms with Gasteiger partial charge in [0, 0.05) is 31.6 Å². The van der Waals surface area contributed by atoms with Crippen molar-refractivity contribution in [2.45, 2.75) is 38.3 Å². The van der Waals surface area contributed by atoms with Gasteiger partial charge in [-0.25, -0.2) is 0 Å². The van der Waals surface area contributed by atoms with Crippen molar-refractivity contribution in [1.82, 2.24) is 5.32 Å². The van der Waals surface area contributed by atoms with Gasteiger partial charge in [-0.1, -0.05) is 0 Å². The molecule has 2 N–H and O–H groups in total. The Hall–Kier alpha value is -0.610. The standard InChI is InChI=1S/C10H17NO3/c1-7(12)11-8-6-9(13)10(8)2-4-14-5-3-10/h8-9,13H,2-6H2,1H3,(H,11,12)/t8-,9-/m1/s1. The molecular weight excluding hydrogens is 182 g/mol. The Labute approximate surface area is 83.6 Å². The highest BCUT2D eigenvalue weighted by Crippen LogP contribution is 2.48. The summed E-state index contributed by atoms with van der Waals surface area (Å²) in [6.45, 7) is 2.93. The SMILES string of the molecule is CC(=O)N[C@@H]1C[C@@H](O)C12CCOCC2. The molecule has 0 bridgehead atoms. The summed E-state index contributed by atoms with van der Waals surface area (Å²) in [6, 6.07) is 0.152. The van der Waals surface area contributed by atoms with Gasteiger partial charge in [0.05, 0.1) is 6.10 Å². The lowest BCUT2D eigenvalue weighted by Crippen LogP contribution is -2.65. The minimum atomic E-state index is -0.261. The molecular formula is C10H17NO3. The molecule has 4 heteroatoms. The summed E-state index contributed by atoms with van der Waals surface area (Å²) in [7, 11) is 0. The maximum absolute atomic E-state index is 11.0. The number of carbonyl (C=O) groups excluding carboxylic acids is 1. The van der Waals surface area contributed by atoms with Crippen LogP contribution < -0.4 is 5.32 Å². The number of hydrogen-bond donors (Lipinski definition) is 2. The molecule has 0 aromatic carbocycles. The molecule has 2 atom stereocenters. The summed E-state index contributed by atoms with van der Waals surface area (Å²) in [4.78, 5) is 11.0. The highest BCUT2D eigenvalue weighted by atomic mass is 16.5. The molecule has 1 aliphatic carbocycles. The summed E-state index contributed by atoms with van der Waals surface area (Å²) in [5, 5.41) is 12.7. The van der Waals surface area contributed by atoms with Crippen molar-refractivity contribution >= 4 is 5.91 Å². The quantitative estimate of drug-likeness (QED) is 0.627. The van der Waals surface area contributed by atoms with E-state index in [9.17, 15) is 9.90 Å². The predicted molar refractivity (Wildman–Crippen MR) is 50.7 cm³/mol. The van der Waals surface area contributed by atoms with Gasteiger partial charge in [0.25, 0.3) is 0 Å². The van der Waals surface area contributed by atoms with E-state index in [4.69, 9.17) is 4.74 Å². The Balaban J connectivity index is 2.02. The van der Waals surface area contributed by atoms with Crippen LogP contribution in [0.4, 0.5) is 0 Å². The van der Waals surface area contributed by atoms with E-state index < -0.39 is 0 Å². The van der Waals surface area contributed by atoms with Gasteiger partial charge in [0.15, 0.2) is 0 Å². The molecule has 0 aromatic heterocycles. The molecule has 2 aliphatic rings. The number of ether oxygens (including phenoxy) is 1. The number of rotatable bonds is 1. The molecule has 1 saturated heterocycles. The first-order chi connectivity index (χ1) is 6.65. The van der Waals surface area contributed by atoms with E-state index in [1.165, 1.54) is 6.92 Å². The molecule has 1 spiro atoms. The third-order valence-electron chi connectivity index (χ3n) is 3.62. The van der Waals surface area contributed by atoms with Gasteiger partial charge in [-0.3, -0.25) is 4.79 Å². The van der Waals surface area contributed by atoms with E-state index in [1.54, 1.807) is 0 Å². The van der Waals surface area contributed by atoms with Gasteiger partial charge >= 0.3 is 0 Å². The zero-order chi connectivity index (χ0) is 10.2. The molecule has 1 saturated carbocycles. The Morgan fingerprint density at radius 2 is 2.14 bits per heavy atom. The third-order valence-corrected chi connectivity index (χ3v) is 3.62. The molecule has 2 rings (SSSR count). The van der Waals surface area contributed by atoms with Crippen LogP contribution in [0.1, 0.15) is 26.2 Å². The van der Waals surface area contributed by atoms with Crippen LogP contribution in [-0.2, 0) is 9.53 Å². The number of nitrogens with one attached hydrogen (secondary N) is 1. The van der Waals surface area contributed by atoms with E-state index >= 15 is 0 Å². The predicted octanol–water partition coefficient (Wildman–Crippen LogP) is 0.0525. The Bertz CT molecular complexity index is 236. The molecule has 1 heterocycles. The molecule has 2 fully saturated rings. The van der Waals surface area contributed by atoms with Crippen molar-refractivity contribution in [2.24, 2.45) is 5.41 Å². The van der Waals surface area contributed by atoms with Crippen molar-refractivity contribution in [3.63, 3.8) is 0 Å². The molecule has 14 heavy (non-hydrogen) atoms. The first-order valence-corrected chi connectivity index (χ1v) is 5.18. The van der Waals surface area contributed by atoms with E-state index in [-0.39, 0.29) is 23.5 Å². The molecule has 0 aromatic rings. The molecule has 1 amide bonds. The summed E-state index contributed by atoms with van der Waals surface area (Å²) in [6.07, 6.45) is 2.15. The zero-order valence-electron chi connectivity index (χ0n) is 8.45. The number of hydrogen-bond acceptors (Lipinski definition) is 3. The minimum Gasteiger partial charge on any atom is -0.392 e. The largest absolute Gasteiger partial charge is 0.392 e.